The van der Waals surface area contributed by atoms with Crippen molar-refractivity contribution in [3.63, 3.8) is 0 Å². The van der Waals surface area contributed by atoms with Crippen LogP contribution in [0.15, 0.2) is 47.4 Å². The van der Waals surface area contributed by atoms with E-state index >= 15 is 0 Å². The molecule has 0 spiro atoms. The maximum absolute atomic E-state index is 12.2. The van der Waals surface area contributed by atoms with Gasteiger partial charge in [-0.25, -0.2) is 0 Å². The van der Waals surface area contributed by atoms with Crippen molar-refractivity contribution in [2.24, 2.45) is 0 Å². The smallest absolute Gasteiger partial charge is 0.255 e. The van der Waals surface area contributed by atoms with Crippen LogP contribution in [0, 0.1) is 0 Å². The molecular weight excluding hydrogens is 286 g/mol. The van der Waals surface area contributed by atoms with Crippen LogP contribution in [0.4, 0.5) is 5.69 Å². The van der Waals surface area contributed by atoms with Gasteiger partial charge in [0, 0.05) is 22.2 Å². The zero-order valence-corrected chi connectivity index (χ0v) is 12.4. The van der Waals surface area contributed by atoms with Crippen molar-refractivity contribution in [2.45, 2.75) is 4.90 Å². The fraction of sp³-hybridized carbons (Fsp3) is 0.188. The van der Waals surface area contributed by atoms with Crippen molar-refractivity contribution in [2.75, 3.05) is 24.8 Å². The van der Waals surface area contributed by atoms with E-state index in [0.717, 1.165) is 4.90 Å². The Morgan fingerprint density at radius 2 is 1.76 bits per heavy atom. The van der Waals surface area contributed by atoms with E-state index in [0.29, 0.717) is 36.0 Å². The topological polar surface area (TPSA) is 47.6 Å². The van der Waals surface area contributed by atoms with Gasteiger partial charge in [-0.3, -0.25) is 4.79 Å². The standard InChI is InChI=1S/C16H15NO3S/c1-21-13-5-2-11(3-6-13)16(18)17-12-4-7-14-15(10-12)20-9-8-19-14/h2-7,10H,8-9H2,1H3,(H,17,18). The fourth-order valence-corrected chi connectivity index (χ4v) is 2.48. The minimum absolute atomic E-state index is 0.140. The number of benzene rings is 2. The summed E-state index contributed by atoms with van der Waals surface area (Å²) in [6.07, 6.45) is 2.00. The quantitative estimate of drug-likeness (QED) is 0.882. The molecule has 0 unspecified atom stereocenters. The first kappa shape index (κ1) is 13.8. The second kappa shape index (κ2) is 6.10. The molecule has 2 aromatic rings. The molecule has 1 heterocycles. The van der Waals surface area contributed by atoms with E-state index in [1.807, 2.05) is 36.6 Å². The van der Waals surface area contributed by atoms with Crippen LogP contribution in [0.1, 0.15) is 10.4 Å². The van der Waals surface area contributed by atoms with Crippen LogP contribution in [0.5, 0.6) is 11.5 Å². The van der Waals surface area contributed by atoms with Crippen molar-refractivity contribution >= 4 is 23.4 Å². The average Bonchev–Trinajstić information content (AvgIpc) is 2.55. The Labute approximate surface area is 127 Å². The number of amides is 1. The van der Waals surface area contributed by atoms with Gasteiger partial charge < -0.3 is 14.8 Å². The Kier molecular flexibility index (Phi) is 4.01. The Balaban J connectivity index is 1.74. The molecule has 0 aromatic heterocycles. The SMILES string of the molecule is CSc1ccc(C(=O)Nc2ccc3c(c2)OCCO3)cc1. The highest BCUT2D eigenvalue weighted by atomic mass is 32.2. The van der Waals surface area contributed by atoms with E-state index in [1.165, 1.54) is 0 Å². The van der Waals surface area contributed by atoms with E-state index in [4.69, 9.17) is 9.47 Å². The first-order valence-corrected chi connectivity index (χ1v) is 7.84. The van der Waals surface area contributed by atoms with Gasteiger partial charge in [-0.1, -0.05) is 0 Å². The number of carbonyl (C=O) groups is 1. The summed E-state index contributed by atoms with van der Waals surface area (Å²) < 4.78 is 11.0. The number of thioether (sulfide) groups is 1. The van der Waals surface area contributed by atoms with Gasteiger partial charge in [0.15, 0.2) is 11.5 Å². The number of hydrogen-bond donors (Lipinski definition) is 1. The van der Waals surface area contributed by atoms with Crippen LogP contribution >= 0.6 is 11.8 Å². The molecule has 5 heteroatoms. The number of rotatable bonds is 3. The average molecular weight is 301 g/mol. The molecule has 0 aliphatic carbocycles. The molecule has 0 saturated heterocycles. The van der Waals surface area contributed by atoms with Gasteiger partial charge >= 0.3 is 0 Å². The highest BCUT2D eigenvalue weighted by molar-refractivity contribution is 7.98. The van der Waals surface area contributed by atoms with Crippen molar-refractivity contribution in [3.8, 4) is 11.5 Å². The normalized spacial score (nSPS) is 12.8. The van der Waals surface area contributed by atoms with Crippen molar-refractivity contribution in [1.29, 1.82) is 0 Å². The maximum atomic E-state index is 12.2. The minimum atomic E-state index is -0.140. The lowest BCUT2D eigenvalue weighted by molar-refractivity contribution is 0.102. The van der Waals surface area contributed by atoms with E-state index in [-0.39, 0.29) is 5.91 Å². The summed E-state index contributed by atoms with van der Waals surface area (Å²) >= 11 is 1.65. The highest BCUT2D eigenvalue weighted by Crippen LogP contribution is 2.32. The van der Waals surface area contributed by atoms with Crippen molar-refractivity contribution < 1.29 is 14.3 Å². The second-order valence-corrected chi connectivity index (χ2v) is 5.42. The molecule has 1 N–H and O–H groups in total. The molecule has 2 aromatic carbocycles. The minimum Gasteiger partial charge on any atom is -0.486 e. The van der Waals surface area contributed by atoms with Crippen molar-refractivity contribution in [3.05, 3.63) is 48.0 Å². The number of ether oxygens (including phenoxy) is 2. The number of nitrogens with one attached hydrogen (secondary N) is 1. The molecule has 0 radical (unpaired) electrons. The third-order valence-electron chi connectivity index (χ3n) is 3.15. The lowest BCUT2D eigenvalue weighted by Gasteiger charge is -2.19. The Morgan fingerprint density at radius 1 is 1.05 bits per heavy atom. The van der Waals surface area contributed by atoms with Gasteiger partial charge in [0.2, 0.25) is 0 Å². The van der Waals surface area contributed by atoms with Gasteiger partial charge in [0.05, 0.1) is 0 Å². The zero-order chi connectivity index (χ0) is 14.7. The largest absolute Gasteiger partial charge is 0.486 e. The molecule has 0 atom stereocenters. The van der Waals surface area contributed by atoms with E-state index in [1.54, 1.807) is 23.9 Å². The maximum Gasteiger partial charge on any atom is 0.255 e. The number of anilines is 1. The zero-order valence-electron chi connectivity index (χ0n) is 11.6. The summed E-state index contributed by atoms with van der Waals surface area (Å²) in [5.74, 6) is 1.24. The Morgan fingerprint density at radius 3 is 2.48 bits per heavy atom. The molecular formula is C16H15NO3S. The summed E-state index contributed by atoms with van der Waals surface area (Å²) in [6.45, 7) is 1.08. The van der Waals surface area contributed by atoms with Crippen molar-refractivity contribution in [1.82, 2.24) is 0 Å². The molecule has 0 saturated carbocycles. The molecule has 4 nitrogen and oxygen atoms in total. The van der Waals surface area contributed by atoms with Gasteiger partial charge in [0.25, 0.3) is 5.91 Å². The molecule has 21 heavy (non-hydrogen) atoms. The summed E-state index contributed by atoms with van der Waals surface area (Å²) in [6, 6.07) is 12.9. The van der Waals surface area contributed by atoms with E-state index in [2.05, 4.69) is 5.32 Å². The van der Waals surface area contributed by atoms with Crippen LogP contribution in [0.25, 0.3) is 0 Å². The summed E-state index contributed by atoms with van der Waals surface area (Å²) in [4.78, 5) is 13.3. The van der Waals surface area contributed by atoms with Gasteiger partial charge in [0.1, 0.15) is 13.2 Å². The molecule has 1 aliphatic heterocycles. The monoisotopic (exact) mass is 301 g/mol. The predicted octanol–water partition coefficient (Wildman–Crippen LogP) is 3.43. The lowest BCUT2D eigenvalue weighted by atomic mass is 10.2. The lowest BCUT2D eigenvalue weighted by Crippen LogP contribution is -2.16. The highest BCUT2D eigenvalue weighted by Gasteiger charge is 2.13. The Bertz CT molecular complexity index is 655. The Hall–Kier alpha value is -2.14. The van der Waals surface area contributed by atoms with Gasteiger partial charge in [-0.2, -0.15) is 0 Å². The fourth-order valence-electron chi connectivity index (χ4n) is 2.07. The van der Waals surface area contributed by atoms with Crippen LogP contribution < -0.4 is 14.8 Å². The molecule has 108 valence electrons. The molecule has 3 rings (SSSR count). The van der Waals surface area contributed by atoms with Crippen LogP contribution in [0.2, 0.25) is 0 Å². The van der Waals surface area contributed by atoms with Crippen LogP contribution in [-0.2, 0) is 0 Å². The summed E-state index contributed by atoms with van der Waals surface area (Å²) in [5.41, 5.74) is 1.32. The van der Waals surface area contributed by atoms with Crippen LogP contribution in [0.3, 0.4) is 0 Å². The number of hydrogen-bond acceptors (Lipinski definition) is 4. The molecule has 0 bridgehead atoms. The molecule has 0 fully saturated rings. The predicted molar refractivity (Wildman–Crippen MR) is 83.6 cm³/mol. The summed E-state index contributed by atoms with van der Waals surface area (Å²) in [7, 11) is 0. The first-order valence-electron chi connectivity index (χ1n) is 6.61. The van der Waals surface area contributed by atoms with E-state index < -0.39 is 0 Å². The number of carbonyl (C=O) groups excluding carboxylic acids is 1. The van der Waals surface area contributed by atoms with E-state index in [9.17, 15) is 4.79 Å². The second-order valence-electron chi connectivity index (χ2n) is 4.54. The third-order valence-corrected chi connectivity index (χ3v) is 3.90. The van der Waals surface area contributed by atoms with Gasteiger partial charge in [-0.05, 0) is 42.7 Å². The molecule has 1 amide bonds. The summed E-state index contributed by atoms with van der Waals surface area (Å²) in [5, 5.41) is 2.86. The number of fused-ring (bicyclic) bond motifs is 1. The molecule has 1 aliphatic rings. The first-order chi connectivity index (χ1) is 10.3. The van der Waals surface area contributed by atoms with Crippen LogP contribution in [-0.4, -0.2) is 25.4 Å². The van der Waals surface area contributed by atoms with Gasteiger partial charge in [-0.15, -0.1) is 11.8 Å². The third kappa shape index (κ3) is 3.13.